The molecule has 0 aliphatic heterocycles. The standard InChI is InChI=1S/C11H17N3O4/c1-8-4-10(11(5-12-8)14(15)16)13-9(6-17-2)7-18-3/h4-5,9H,6-7H2,1-3H3,(H,12,13). The number of pyridine rings is 1. The summed E-state index contributed by atoms with van der Waals surface area (Å²) >= 11 is 0. The Balaban J connectivity index is 2.92. The van der Waals surface area contributed by atoms with Gasteiger partial charge in [-0.1, -0.05) is 0 Å². The number of ether oxygens (including phenoxy) is 2. The number of anilines is 1. The monoisotopic (exact) mass is 255 g/mol. The number of methoxy groups -OCH3 is 2. The first-order chi connectivity index (χ1) is 8.58. The van der Waals surface area contributed by atoms with Crippen molar-refractivity contribution in [1.29, 1.82) is 0 Å². The summed E-state index contributed by atoms with van der Waals surface area (Å²) in [6.07, 6.45) is 1.24. The molecule has 0 unspecified atom stereocenters. The highest BCUT2D eigenvalue weighted by atomic mass is 16.6. The minimum Gasteiger partial charge on any atom is -0.382 e. The molecule has 0 saturated heterocycles. The third kappa shape index (κ3) is 3.94. The highest BCUT2D eigenvalue weighted by Crippen LogP contribution is 2.24. The molecule has 0 saturated carbocycles. The van der Waals surface area contributed by atoms with Crippen molar-refractivity contribution in [3.05, 3.63) is 28.1 Å². The largest absolute Gasteiger partial charge is 0.382 e. The lowest BCUT2D eigenvalue weighted by Gasteiger charge is -2.18. The van der Waals surface area contributed by atoms with Gasteiger partial charge < -0.3 is 14.8 Å². The van der Waals surface area contributed by atoms with Gasteiger partial charge >= 0.3 is 5.69 Å². The highest BCUT2D eigenvalue weighted by Gasteiger charge is 2.18. The van der Waals surface area contributed by atoms with Crippen molar-refractivity contribution in [2.75, 3.05) is 32.8 Å². The fourth-order valence-electron chi connectivity index (χ4n) is 1.57. The van der Waals surface area contributed by atoms with Gasteiger partial charge in [0.1, 0.15) is 11.9 Å². The fourth-order valence-corrected chi connectivity index (χ4v) is 1.57. The number of rotatable bonds is 7. The molecule has 0 spiro atoms. The van der Waals surface area contributed by atoms with Crippen molar-refractivity contribution < 1.29 is 14.4 Å². The lowest BCUT2D eigenvalue weighted by Crippen LogP contribution is -2.30. The first-order valence-corrected chi connectivity index (χ1v) is 5.44. The van der Waals surface area contributed by atoms with Crippen LogP contribution >= 0.6 is 0 Å². The predicted molar refractivity (Wildman–Crippen MR) is 66.8 cm³/mol. The number of aromatic nitrogens is 1. The molecule has 7 nitrogen and oxygen atoms in total. The van der Waals surface area contributed by atoms with E-state index in [4.69, 9.17) is 9.47 Å². The first-order valence-electron chi connectivity index (χ1n) is 5.44. The predicted octanol–water partition coefficient (Wildman–Crippen LogP) is 1.37. The van der Waals surface area contributed by atoms with Crippen LogP contribution < -0.4 is 5.32 Å². The summed E-state index contributed by atoms with van der Waals surface area (Å²) in [4.78, 5) is 14.3. The van der Waals surface area contributed by atoms with Gasteiger partial charge in [0.25, 0.3) is 0 Å². The second-order valence-corrected chi connectivity index (χ2v) is 3.85. The number of nitrogens with one attached hydrogen (secondary N) is 1. The Morgan fingerprint density at radius 1 is 1.44 bits per heavy atom. The van der Waals surface area contributed by atoms with Crippen molar-refractivity contribution in [2.45, 2.75) is 13.0 Å². The summed E-state index contributed by atoms with van der Waals surface area (Å²) in [5.74, 6) is 0. The summed E-state index contributed by atoms with van der Waals surface area (Å²) in [7, 11) is 3.13. The van der Waals surface area contributed by atoms with Gasteiger partial charge in [0.05, 0.1) is 24.2 Å². The van der Waals surface area contributed by atoms with Crippen LogP contribution in [0.2, 0.25) is 0 Å². The summed E-state index contributed by atoms with van der Waals surface area (Å²) in [6.45, 7) is 2.56. The van der Waals surface area contributed by atoms with Gasteiger partial charge in [0, 0.05) is 19.9 Å². The Morgan fingerprint density at radius 3 is 2.56 bits per heavy atom. The second-order valence-electron chi connectivity index (χ2n) is 3.85. The maximum absolute atomic E-state index is 10.9. The smallest absolute Gasteiger partial charge is 0.310 e. The quantitative estimate of drug-likeness (QED) is 0.585. The van der Waals surface area contributed by atoms with E-state index in [2.05, 4.69) is 10.3 Å². The number of hydrogen-bond acceptors (Lipinski definition) is 6. The molecule has 0 aliphatic carbocycles. The molecule has 0 fully saturated rings. The van der Waals surface area contributed by atoms with Crippen LogP contribution in [0.25, 0.3) is 0 Å². The van der Waals surface area contributed by atoms with E-state index < -0.39 is 4.92 Å². The molecule has 0 atom stereocenters. The lowest BCUT2D eigenvalue weighted by atomic mass is 10.2. The molecule has 7 heteroatoms. The van der Waals surface area contributed by atoms with Crippen LogP contribution in [0.15, 0.2) is 12.3 Å². The van der Waals surface area contributed by atoms with Crippen LogP contribution in [0.4, 0.5) is 11.4 Å². The van der Waals surface area contributed by atoms with Crippen molar-refractivity contribution in [3.63, 3.8) is 0 Å². The molecule has 0 bridgehead atoms. The van der Waals surface area contributed by atoms with Gasteiger partial charge in [-0.2, -0.15) is 0 Å². The zero-order valence-corrected chi connectivity index (χ0v) is 10.7. The van der Waals surface area contributed by atoms with E-state index in [0.29, 0.717) is 24.6 Å². The molecule has 0 amide bonds. The molecule has 1 rings (SSSR count). The molecular formula is C11H17N3O4. The van der Waals surface area contributed by atoms with E-state index >= 15 is 0 Å². The lowest BCUT2D eigenvalue weighted by molar-refractivity contribution is -0.384. The minimum atomic E-state index is -0.467. The molecule has 1 aromatic heterocycles. The minimum absolute atomic E-state index is 0.0576. The molecule has 0 aromatic carbocycles. The topological polar surface area (TPSA) is 86.5 Å². The third-order valence-electron chi connectivity index (χ3n) is 2.31. The SMILES string of the molecule is COCC(COC)Nc1cc(C)ncc1[N+](=O)[O-]. The van der Waals surface area contributed by atoms with Gasteiger partial charge in [-0.25, -0.2) is 0 Å². The van der Waals surface area contributed by atoms with Gasteiger partial charge in [0.2, 0.25) is 0 Å². The van der Waals surface area contributed by atoms with Crippen molar-refractivity contribution >= 4 is 11.4 Å². The molecular weight excluding hydrogens is 238 g/mol. The van der Waals surface area contributed by atoms with Crippen molar-refractivity contribution in [3.8, 4) is 0 Å². The highest BCUT2D eigenvalue weighted by molar-refractivity contribution is 5.61. The summed E-state index contributed by atoms with van der Waals surface area (Å²) in [5.41, 5.74) is 1.07. The molecule has 0 aliphatic rings. The normalized spacial score (nSPS) is 10.7. The van der Waals surface area contributed by atoms with E-state index in [1.165, 1.54) is 6.20 Å². The number of aryl methyl sites for hydroxylation is 1. The maximum atomic E-state index is 10.9. The van der Waals surface area contributed by atoms with E-state index in [-0.39, 0.29) is 11.7 Å². The summed E-state index contributed by atoms with van der Waals surface area (Å²) in [6, 6.07) is 1.48. The van der Waals surface area contributed by atoms with Crippen molar-refractivity contribution in [1.82, 2.24) is 4.98 Å². The van der Waals surface area contributed by atoms with Gasteiger partial charge in [-0.15, -0.1) is 0 Å². The Kier molecular flexibility index (Phi) is 5.47. The number of hydrogen-bond donors (Lipinski definition) is 1. The molecule has 1 heterocycles. The molecule has 1 N–H and O–H groups in total. The van der Waals surface area contributed by atoms with Crippen LogP contribution in [-0.2, 0) is 9.47 Å². The first kappa shape index (κ1) is 14.3. The Hall–Kier alpha value is -1.73. The maximum Gasteiger partial charge on any atom is 0.310 e. The Bertz CT molecular complexity index is 405. The van der Waals surface area contributed by atoms with Crippen LogP contribution in [0.1, 0.15) is 5.69 Å². The van der Waals surface area contributed by atoms with Crippen LogP contribution in [0.5, 0.6) is 0 Å². The van der Waals surface area contributed by atoms with E-state index in [1.54, 1.807) is 27.2 Å². The van der Waals surface area contributed by atoms with Crippen LogP contribution in [0.3, 0.4) is 0 Å². The van der Waals surface area contributed by atoms with Crippen LogP contribution in [-0.4, -0.2) is 43.4 Å². The molecule has 100 valence electrons. The number of nitro groups is 1. The van der Waals surface area contributed by atoms with Crippen molar-refractivity contribution in [2.24, 2.45) is 0 Å². The summed E-state index contributed by atoms with van der Waals surface area (Å²) < 4.78 is 10.1. The average molecular weight is 255 g/mol. The summed E-state index contributed by atoms with van der Waals surface area (Å²) in [5, 5.41) is 13.9. The molecule has 18 heavy (non-hydrogen) atoms. The fraction of sp³-hybridized carbons (Fsp3) is 0.545. The van der Waals surface area contributed by atoms with Gasteiger partial charge in [0.15, 0.2) is 0 Å². The van der Waals surface area contributed by atoms with Crippen LogP contribution in [0, 0.1) is 17.0 Å². The Morgan fingerprint density at radius 2 is 2.06 bits per heavy atom. The third-order valence-corrected chi connectivity index (χ3v) is 2.31. The zero-order chi connectivity index (χ0) is 13.5. The van der Waals surface area contributed by atoms with Gasteiger partial charge in [-0.3, -0.25) is 15.1 Å². The van der Waals surface area contributed by atoms with E-state index in [0.717, 1.165) is 0 Å². The average Bonchev–Trinajstić information content (AvgIpc) is 2.29. The molecule has 0 radical (unpaired) electrons. The van der Waals surface area contributed by atoms with Gasteiger partial charge in [-0.05, 0) is 13.0 Å². The number of nitrogens with zero attached hydrogens (tertiary/aromatic N) is 2. The zero-order valence-electron chi connectivity index (χ0n) is 10.7. The Labute approximate surface area is 105 Å². The second kappa shape index (κ2) is 6.87. The van der Waals surface area contributed by atoms with E-state index in [1.807, 2.05) is 0 Å². The van der Waals surface area contributed by atoms with E-state index in [9.17, 15) is 10.1 Å². The molecule has 1 aromatic rings.